The maximum atomic E-state index is 13.0. The van der Waals surface area contributed by atoms with Gasteiger partial charge in [0.1, 0.15) is 29.0 Å². The number of hydrogen-bond acceptors (Lipinski definition) is 5. The number of nitrogens with zero attached hydrogens (tertiary/aromatic N) is 2. The molecule has 0 N–H and O–H groups in total. The summed E-state index contributed by atoms with van der Waals surface area (Å²) in [6.45, 7) is 0. The van der Waals surface area contributed by atoms with Crippen LogP contribution in [0.5, 0.6) is 0 Å². The van der Waals surface area contributed by atoms with Crippen LogP contribution in [0.3, 0.4) is 0 Å². The minimum atomic E-state index is -0.575. The number of ketones is 1. The van der Waals surface area contributed by atoms with Gasteiger partial charge < -0.3 is 4.42 Å². The number of nitro benzene ring substituents is 1. The van der Waals surface area contributed by atoms with E-state index in [2.05, 4.69) is 0 Å². The molecule has 0 aliphatic rings. The van der Waals surface area contributed by atoms with Crippen LogP contribution in [0.4, 0.5) is 10.1 Å². The lowest BCUT2D eigenvalue weighted by atomic mass is 10.0. The Morgan fingerprint density at radius 2 is 1.89 bits per heavy atom. The third kappa shape index (κ3) is 3.98. The molecule has 3 rings (SSSR count). The smallest absolute Gasteiger partial charge is 0.270 e. The highest BCUT2D eigenvalue weighted by Gasteiger charge is 2.16. The van der Waals surface area contributed by atoms with Crippen molar-refractivity contribution in [1.29, 1.82) is 5.26 Å². The summed E-state index contributed by atoms with van der Waals surface area (Å²) in [6, 6.07) is 13.7. The number of Topliss-reactive ketones (excluding diaryl/α,β-unsaturated/α-hetero) is 1. The van der Waals surface area contributed by atoms with Gasteiger partial charge in [0.15, 0.2) is 0 Å². The van der Waals surface area contributed by atoms with Gasteiger partial charge in [-0.05, 0) is 42.5 Å². The number of non-ortho nitro benzene ring substituents is 1. The maximum absolute atomic E-state index is 13.0. The van der Waals surface area contributed by atoms with Crippen molar-refractivity contribution in [3.63, 3.8) is 0 Å². The monoisotopic (exact) mass is 396 g/mol. The first kappa shape index (κ1) is 19.0. The molecule has 0 radical (unpaired) electrons. The molecule has 28 heavy (non-hydrogen) atoms. The van der Waals surface area contributed by atoms with E-state index in [1.807, 2.05) is 0 Å². The average Bonchev–Trinajstić information content (AvgIpc) is 3.14. The highest BCUT2D eigenvalue weighted by molar-refractivity contribution is 6.33. The first-order valence-electron chi connectivity index (χ1n) is 7.85. The zero-order valence-corrected chi connectivity index (χ0v) is 14.8. The summed E-state index contributed by atoms with van der Waals surface area (Å²) in [6.07, 6.45) is 1.26. The average molecular weight is 397 g/mol. The zero-order valence-electron chi connectivity index (χ0n) is 14.1. The van der Waals surface area contributed by atoms with Gasteiger partial charge in [-0.3, -0.25) is 14.9 Å². The van der Waals surface area contributed by atoms with Crippen molar-refractivity contribution >= 4 is 29.1 Å². The molecule has 138 valence electrons. The predicted molar refractivity (Wildman–Crippen MR) is 100 cm³/mol. The van der Waals surface area contributed by atoms with Crippen molar-refractivity contribution in [2.75, 3.05) is 0 Å². The fourth-order valence-corrected chi connectivity index (χ4v) is 2.71. The van der Waals surface area contributed by atoms with E-state index in [4.69, 9.17) is 16.0 Å². The number of hydrogen-bond donors (Lipinski definition) is 0. The molecule has 0 fully saturated rings. The normalized spacial score (nSPS) is 11.1. The molecule has 1 aromatic heterocycles. The summed E-state index contributed by atoms with van der Waals surface area (Å²) in [7, 11) is 0. The van der Waals surface area contributed by atoms with E-state index >= 15 is 0 Å². The lowest BCUT2D eigenvalue weighted by molar-refractivity contribution is -0.384. The van der Waals surface area contributed by atoms with E-state index < -0.39 is 16.5 Å². The van der Waals surface area contributed by atoms with Crippen molar-refractivity contribution in [3.05, 3.63) is 92.4 Å². The number of nitriles is 1. The molecule has 0 atom stereocenters. The van der Waals surface area contributed by atoms with E-state index in [0.29, 0.717) is 11.3 Å². The molecule has 0 bridgehead atoms. The van der Waals surface area contributed by atoms with E-state index in [-0.39, 0.29) is 27.6 Å². The molecular weight excluding hydrogens is 387 g/mol. The number of allylic oxidation sites excluding steroid dienone is 1. The summed E-state index contributed by atoms with van der Waals surface area (Å²) in [5.74, 6) is -0.530. The van der Waals surface area contributed by atoms with Gasteiger partial charge in [-0.2, -0.15) is 5.26 Å². The van der Waals surface area contributed by atoms with Crippen LogP contribution in [0, 0.1) is 27.3 Å². The highest BCUT2D eigenvalue weighted by atomic mass is 35.5. The summed E-state index contributed by atoms with van der Waals surface area (Å²) >= 11 is 6.08. The van der Waals surface area contributed by atoms with Gasteiger partial charge in [0, 0.05) is 29.3 Å². The molecule has 0 unspecified atom stereocenters. The molecule has 1 heterocycles. The Kier molecular flexibility index (Phi) is 5.34. The molecule has 0 saturated carbocycles. The Balaban J connectivity index is 1.90. The third-order valence-electron chi connectivity index (χ3n) is 3.81. The van der Waals surface area contributed by atoms with Crippen LogP contribution in [0.1, 0.15) is 16.1 Å². The SMILES string of the molecule is N#C/C(=C\c1ccc(-c2ccc([N+](=O)[O-])cc2Cl)o1)C(=O)c1ccc(F)cc1. The number of benzene rings is 2. The van der Waals surface area contributed by atoms with E-state index in [9.17, 15) is 24.6 Å². The molecule has 0 spiro atoms. The number of furan rings is 1. The molecule has 8 heteroatoms. The van der Waals surface area contributed by atoms with E-state index in [1.165, 1.54) is 42.5 Å². The minimum Gasteiger partial charge on any atom is -0.457 e. The Bertz CT molecular complexity index is 1140. The van der Waals surface area contributed by atoms with Crippen molar-refractivity contribution in [2.24, 2.45) is 0 Å². The van der Waals surface area contributed by atoms with Crippen LogP contribution in [-0.2, 0) is 0 Å². The van der Waals surface area contributed by atoms with Gasteiger partial charge in [-0.25, -0.2) is 4.39 Å². The van der Waals surface area contributed by atoms with Crippen molar-refractivity contribution in [3.8, 4) is 17.4 Å². The van der Waals surface area contributed by atoms with Gasteiger partial charge >= 0.3 is 0 Å². The Morgan fingerprint density at radius 3 is 2.50 bits per heavy atom. The fraction of sp³-hybridized carbons (Fsp3) is 0. The fourth-order valence-electron chi connectivity index (χ4n) is 2.44. The Morgan fingerprint density at radius 1 is 1.18 bits per heavy atom. The molecule has 0 saturated heterocycles. The number of carbonyl (C=O) groups is 1. The topological polar surface area (TPSA) is 97.1 Å². The van der Waals surface area contributed by atoms with Crippen molar-refractivity contribution in [2.45, 2.75) is 0 Å². The molecule has 0 aliphatic heterocycles. The number of carbonyl (C=O) groups excluding carboxylic acids is 1. The molecule has 3 aromatic rings. The molecular formula is C20H10ClFN2O4. The lowest BCUT2D eigenvalue weighted by Crippen LogP contribution is -2.01. The molecule has 0 amide bonds. The molecule has 2 aromatic carbocycles. The standard InChI is InChI=1S/C20H10ClFN2O4/c21-18-10-15(24(26)27)5-7-17(18)19-8-6-16(28-19)9-13(11-23)20(25)12-1-3-14(22)4-2-12/h1-10H/b13-9+. The first-order valence-corrected chi connectivity index (χ1v) is 8.23. The van der Waals surface area contributed by atoms with Crippen LogP contribution in [-0.4, -0.2) is 10.7 Å². The van der Waals surface area contributed by atoms with Crippen molar-refractivity contribution < 1.29 is 18.5 Å². The van der Waals surface area contributed by atoms with Gasteiger partial charge in [0.05, 0.1) is 9.95 Å². The Labute approximate surface area is 163 Å². The molecule has 6 nitrogen and oxygen atoms in total. The van der Waals surface area contributed by atoms with Gasteiger partial charge in [-0.15, -0.1) is 0 Å². The summed E-state index contributed by atoms with van der Waals surface area (Å²) in [5, 5.41) is 20.2. The van der Waals surface area contributed by atoms with Crippen LogP contribution >= 0.6 is 11.6 Å². The second-order valence-corrected chi connectivity index (χ2v) is 6.04. The third-order valence-corrected chi connectivity index (χ3v) is 4.13. The van der Waals surface area contributed by atoms with Crippen LogP contribution in [0.25, 0.3) is 17.4 Å². The maximum Gasteiger partial charge on any atom is 0.270 e. The second-order valence-electron chi connectivity index (χ2n) is 5.63. The minimum absolute atomic E-state index is 0.127. The van der Waals surface area contributed by atoms with E-state index in [1.54, 1.807) is 12.1 Å². The highest BCUT2D eigenvalue weighted by Crippen LogP contribution is 2.32. The summed E-state index contributed by atoms with van der Waals surface area (Å²) in [4.78, 5) is 22.6. The number of rotatable bonds is 5. The van der Waals surface area contributed by atoms with Gasteiger partial charge in [-0.1, -0.05) is 11.6 Å². The summed E-state index contributed by atoms with van der Waals surface area (Å²) < 4.78 is 18.6. The summed E-state index contributed by atoms with van der Waals surface area (Å²) in [5.41, 5.74) is 0.245. The zero-order chi connectivity index (χ0) is 20.3. The van der Waals surface area contributed by atoms with Gasteiger partial charge in [0.25, 0.3) is 5.69 Å². The van der Waals surface area contributed by atoms with Crippen LogP contribution in [0.2, 0.25) is 5.02 Å². The van der Waals surface area contributed by atoms with E-state index in [0.717, 1.165) is 12.1 Å². The number of nitro groups is 1. The predicted octanol–water partition coefficient (Wildman–Crippen LogP) is 5.44. The quantitative estimate of drug-likeness (QED) is 0.188. The van der Waals surface area contributed by atoms with Crippen LogP contribution in [0.15, 0.2) is 64.6 Å². The first-order chi connectivity index (χ1) is 13.4. The lowest BCUT2D eigenvalue weighted by Gasteiger charge is -2.01. The second kappa shape index (κ2) is 7.86. The van der Waals surface area contributed by atoms with Crippen molar-refractivity contribution in [1.82, 2.24) is 0 Å². The number of halogens is 2. The van der Waals surface area contributed by atoms with Crippen LogP contribution < -0.4 is 0 Å². The Hall–Kier alpha value is -3.76. The molecule has 0 aliphatic carbocycles. The largest absolute Gasteiger partial charge is 0.457 e. The van der Waals surface area contributed by atoms with Gasteiger partial charge in [0.2, 0.25) is 5.78 Å².